The van der Waals surface area contributed by atoms with Crippen molar-refractivity contribution in [1.82, 2.24) is 0 Å². The van der Waals surface area contributed by atoms with Gasteiger partial charge in [-0.1, -0.05) is 71.1 Å². The Bertz CT molecular complexity index is 249. The predicted molar refractivity (Wildman–Crippen MR) is 82.7 cm³/mol. The molecule has 0 rings (SSSR count). The average molecular weight is 284 g/mol. The lowest BCUT2D eigenvalue weighted by molar-refractivity contribution is -0.145. The van der Waals surface area contributed by atoms with Gasteiger partial charge in [-0.3, -0.25) is 9.59 Å². The van der Waals surface area contributed by atoms with Gasteiger partial charge in [0.15, 0.2) is 0 Å². The lowest BCUT2D eigenvalue weighted by Gasteiger charge is -2.04. The minimum absolute atomic E-state index is 0.0853. The van der Waals surface area contributed by atoms with Gasteiger partial charge in [-0.15, -0.1) is 0 Å². The summed E-state index contributed by atoms with van der Waals surface area (Å²) in [7, 11) is 0. The summed E-state index contributed by atoms with van der Waals surface area (Å²) in [6.07, 6.45) is 14.0. The van der Waals surface area contributed by atoms with Crippen molar-refractivity contribution in [3.8, 4) is 0 Å². The minimum atomic E-state index is -0.385. The van der Waals surface area contributed by atoms with E-state index in [4.69, 9.17) is 4.74 Å². The maximum Gasteiger partial charge on any atom is 0.313 e. The number of ketones is 1. The Morgan fingerprint density at radius 2 is 1.20 bits per heavy atom. The molecule has 3 nitrogen and oxygen atoms in total. The van der Waals surface area contributed by atoms with Crippen LogP contribution in [0.25, 0.3) is 0 Å². The molecule has 0 aromatic carbocycles. The fourth-order valence-electron chi connectivity index (χ4n) is 2.21. The lowest BCUT2D eigenvalue weighted by Crippen LogP contribution is -2.09. The number of Topliss-reactive ketones (excluding diaryl/α,β-unsaturated/α-hetero) is 1. The number of carbonyl (C=O) groups is 2. The quantitative estimate of drug-likeness (QED) is 0.261. The molecule has 0 radical (unpaired) electrons. The van der Waals surface area contributed by atoms with E-state index in [1.165, 1.54) is 64.7 Å². The molecule has 118 valence electrons. The highest BCUT2D eigenvalue weighted by Gasteiger charge is 2.05. The second-order valence-corrected chi connectivity index (χ2v) is 5.63. The van der Waals surface area contributed by atoms with Crippen molar-refractivity contribution in [3.05, 3.63) is 0 Å². The van der Waals surface area contributed by atoms with Crippen LogP contribution in [0, 0.1) is 0 Å². The van der Waals surface area contributed by atoms with Gasteiger partial charge in [0.2, 0.25) is 0 Å². The van der Waals surface area contributed by atoms with E-state index in [-0.39, 0.29) is 18.2 Å². The molecule has 0 amide bonds. The molecule has 0 aliphatic heterocycles. The van der Waals surface area contributed by atoms with Crippen molar-refractivity contribution in [1.29, 1.82) is 0 Å². The molecule has 0 aromatic rings. The maximum atomic E-state index is 11.1. The summed E-state index contributed by atoms with van der Waals surface area (Å²) in [4.78, 5) is 21.8. The second-order valence-electron chi connectivity index (χ2n) is 5.63. The van der Waals surface area contributed by atoms with Crippen LogP contribution < -0.4 is 0 Å². The van der Waals surface area contributed by atoms with Gasteiger partial charge in [0, 0.05) is 0 Å². The lowest BCUT2D eigenvalue weighted by atomic mass is 10.1. The molecule has 0 fully saturated rings. The van der Waals surface area contributed by atoms with Gasteiger partial charge < -0.3 is 4.74 Å². The summed E-state index contributed by atoms with van der Waals surface area (Å²) in [5.41, 5.74) is 0. The Morgan fingerprint density at radius 3 is 1.65 bits per heavy atom. The zero-order valence-electron chi connectivity index (χ0n) is 13.4. The minimum Gasteiger partial charge on any atom is -0.465 e. The van der Waals surface area contributed by atoms with E-state index in [2.05, 4.69) is 6.92 Å². The van der Waals surface area contributed by atoms with Gasteiger partial charge >= 0.3 is 5.97 Å². The highest BCUT2D eigenvalue weighted by molar-refractivity contribution is 5.94. The fraction of sp³-hybridized carbons (Fsp3) is 0.882. The topological polar surface area (TPSA) is 43.4 Å². The normalized spacial score (nSPS) is 10.5. The number of unbranched alkanes of at least 4 members (excludes halogenated alkanes) is 10. The summed E-state index contributed by atoms with van der Waals surface area (Å²) in [5, 5.41) is 0. The van der Waals surface area contributed by atoms with Crippen LogP contribution in [0.5, 0.6) is 0 Å². The molecule has 0 aliphatic carbocycles. The molecule has 0 N–H and O–H groups in total. The first kappa shape index (κ1) is 19.1. The largest absolute Gasteiger partial charge is 0.465 e. The average Bonchev–Trinajstić information content (AvgIpc) is 2.39. The van der Waals surface area contributed by atoms with Crippen LogP contribution in [-0.2, 0) is 14.3 Å². The molecule has 20 heavy (non-hydrogen) atoms. The number of rotatable bonds is 14. The van der Waals surface area contributed by atoms with Crippen LogP contribution in [0.3, 0.4) is 0 Å². The Morgan fingerprint density at radius 1 is 0.750 bits per heavy atom. The van der Waals surface area contributed by atoms with Crippen LogP contribution >= 0.6 is 0 Å². The van der Waals surface area contributed by atoms with E-state index >= 15 is 0 Å². The molecule has 0 unspecified atom stereocenters. The van der Waals surface area contributed by atoms with E-state index in [1.54, 1.807) is 0 Å². The van der Waals surface area contributed by atoms with E-state index in [0.29, 0.717) is 6.61 Å². The summed E-state index contributed by atoms with van der Waals surface area (Å²) in [6, 6.07) is 0. The van der Waals surface area contributed by atoms with E-state index in [1.807, 2.05) is 0 Å². The van der Waals surface area contributed by atoms with Gasteiger partial charge in [0.25, 0.3) is 0 Å². The number of carbonyl (C=O) groups excluding carboxylic acids is 2. The van der Waals surface area contributed by atoms with Crippen molar-refractivity contribution in [2.75, 3.05) is 6.61 Å². The van der Waals surface area contributed by atoms with E-state index in [9.17, 15) is 9.59 Å². The number of ether oxygens (including phenoxy) is 1. The molecule has 3 heteroatoms. The molecular formula is C17H32O3. The van der Waals surface area contributed by atoms with Crippen LogP contribution in [0.15, 0.2) is 0 Å². The highest BCUT2D eigenvalue weighted by Crippen LogP contribution is 2.11. The first-order chi connectivity index (χ1) is 9.66. The summed E-state index contributed by atoms with van der Waals surface area (Å²) >= 11 is 0. The third-order valence-corrected chi connectivity index (χ3v) is 3.40. The summed E-state index contributed by atoms with van der Waals surface area (Å²) in [5.74, 6) is -0.515. The fourth-order valence-corrected chi connectivity index (χ4v) is 2.21. The molecule has 0 atom stereocenters. The Labute approximate surface area is 124 Å². The zero-order valence-corrected chi connectivity index (χ0v) is 13.4. The van der Waals surface area contributed by atoms with Gasteiger partial charge in [0.1, 0.15) is 12.2 Å². The summed E-state index contributed by atoms with van der Waals surface area (Å²) in [6.45, 7) is 4.12. The SMILES string of the molecule is CCCCCCCCCCCCCOC(=O)CC(C)=O. The van der Waals surface area contributed by atoms with E-state index < -0.39 is 0 Å². The maximum absolute atomic E-state index is 11.1. The highest BCUT2D eigenvalue weighted by atomic mass is 16.5. The molecule has 0 aliphatic rings. The Balaban J connectivity index is 3.09. The third-order valence-electron chi connectivity index (χ3n) is 3.40. The van der Waals surface area contributed by atoms with Gasteiger partial charge in [-0.05, 0) is 13.3 Å². The molecule has 0 bridgehead atoms. The number of hydrogen-bond donors (Lipinski definition) is 0. The van der Waals surface area contributed by atoms with Gasteiger partial charge in [0.05, 0.1) is 6.61 Å². The number of hydrogen-bond acceptors (Lipinski definition) is 3. The standard InChI is InChI=1S/C17H32O3/c1-3-4-5-6-7-8-9-10-11-12-13-14-20-17(19)15-16(2)18/h3-15H2,1-2H3. The van der Waals surface area contributed by atoms with E-state index in [0.717, 1.165) is 12.8 Å². The van der Waals surface area contributed by atoms with Crippen molar-refractivity contribution >= 4 is 11.8 Å². The van der Waals surface area contributed by atoms with Crippen molar-refractivity contribution < 1.29 is 14.3 Å². The Kier molecular flexibility index (Phi) is 13.9. The molecule has 0 spiro atoms. The van der Waals surface area contributed by atoms with Crippen molar-refractivity contribution in [2.24, 2.45) is 0 Å². The molecule has 0 saturated heterocycles. The van der Waals surface area contributed by atoms with Crippen LogP contribution in [-0.4, -0.2) is 18.4 Å². The molecular weight excluding hydrogens is 252 g/mol. The van der Waals surface area contributed by atoms with Crippen molar-refractivity contribution in [3.63, 3.8) is 0 Å². The van der Waals surface area contributed by atoms with Crippen LogP contribution in [0.1, 0.15) is 90.9 Å². The second kappa shape index (κ2) is 14.5. The molecule has 0 saturated carbocycles. The molecule has 0 heterocycles. The predicted octanol–water partition coefficient (Wildman–Crippen LogP) is 4.82. The molecule has 0 aromatic heterocycles. The first-order valence-electron chi connectivity index (χ1n) is 8.32. The van der Waals surface area contributed by atoms with Crippen LogP contribution in [0.4, 0.5) is 0 Å². The smallest absolute Gasteiger partial charge is 0.313 e. The van der Waals surface area contributed by atoms with Gasteiger partial charge in [-0.2, -0.15) is 0 Å². The van der Waals surface area contributed by atoms with Gasteiger partial charge in [-0.25, -0.2) is 0 Å². The van der Waals surface area contributed by atoms with Crippen LogP contribution in [0.2, 0.25) is 0 Å². The first-order valence-corrected chi connectivity index (χ1v) is 8.32. The zero-order chi connectivity index (χ0) is 15.1. The Hall–Kier alpha value is -0.860. The third kappa shape index (κ3) is 15.2. The summed E-state index contributed by atoms with van der Waals surface area (Å²) < 4.78 is 4.98. The number of esters is 1. The monoisotopic (exact) mass is 284 g/mol. The van der Waals surface area contributed by atoms with Crippen molar-refractivity contribution in [2.45, 2.75) is 90.9 Å².